The smallest absolute Gasteiger partial charge is 0.218 e. The van der Waals surface area contributed by atoms with Crippen LogP contribution >= 0.6 is 15.9 Å². The number of hydrogen-bond donors (Lipinski definition) is 1. The second kappa shape index (κ2) is 13.5. The first-order valence-corrected chi connectivity index (χ1v) is 22.6. The zero-order chi connectivity index (χ0) is 33.4. The number of rotatable bonds is 11. The fourth-order valence-electron chi connectivity index (χ4n) is 5.14. The summed E-state index contributed by atoms with van der Waals surface area (Å²) in [5.74, 6) is 0.596. The molecule has 0 aliphatic heterocycles. The third-order valence-corrected chi connectivity index (χ3v) is 19.6. The summed E-state index contributed by atoms with van der Waals surface area (Å²) in [7, 11) is -3.94. The molecule has 0 spiro atoms. The van der Waals surface area contributed by atoms with E-state index in [1.54, 1.807) is 6.20 Å². The molecule has 8 nitrogen and oxygen atoms in total. The van der Waals surface area contributed by atoms with Crippen LogP contribution in [-0.2, 0) is 15.4 Å². The summed E-state index contributed by atoms with van der Waals surface area (Å²) in [5, 5.41) is 8.54. The zero-order valence-electron chi connectivity index (χ0n) is 29.0. The molecule has 2 heterocycles. The fraction of sp³-hybridized carbons (Fsp3) is 0.588. The second-order valence-corrected chi connectivity index (χ2v) is 26.1. The van der Waals surface area contributed by atoms with Gasteiger partial charge in [0.25, 0.3) is 0 Å². The summed E-state index contributed by atoms with van der Waals surface area (Å²) in [6.07, 6.45) is 4.87. The van der Waals surface area contributed by atoms with Crippen molar-refractivity contribution in [3.8, 4) is 0 Å². The van der Waals surface area contributed by atoms with E-state index in [0.29, 0.717) is 30.2 Å². The first-order chi connectivity index (χ1) is 20.8. The summed E-state index contributed by atoms with van der Waals surface area (Å²) >= 11 is 3.54. The van der Waals surface area contributed by atoms with Crippen molar-refractivity contribution in [1.29, 1.82) is 0 Å². The Bertz CT molecular complexity index is 1500. The molecule has 1 aromatic carbocycles. The maximum Gasteiger partial charge on any atom is 0.218 e. The van der Waals surface area contributed by atoms with Gasteiger partial charge in [0.1, 0.15) is 17.8 Å². The van der Waals surface area contributed by atoms with E-state index in [1.807, 2.05) is 29.8 Å². The van der Waals surface area contributed by atoms with Crippen molar-refractivity contribution in [3.05, 3.63) is 69.8 Å². The Labute approximate surface area is 280 Å². The summed E-state index contributed by atoms with van der Waals surface area (Å²) in [5.41, 5.74) is 2.82. The lowest BCUT2D eigenvalue weighted by Crippen LogP contribution is -2.46. The van der Waals surface area contributed by atoms with Gasteiger partial charge in [0.05, 0.1) is 18.2 Å². The molecule has 0 saturated heterocycles. The van der Waals surface area contributed by atoms with Crippen molar-refractivity contribution in [2.45, 2.75) is 116 Å². The minimum atomic E-state index is -2.02. The molecule has 0 bridgehead atoms. The Balaban J connectivity index is 1.54. The van der Waals surface area contributed by atoms with Crippen molar-refractivity contribution in [1.82, 2.24) is 19.7 Å². The molecule has 3 aromatic rings. The SMILES string of the molecule is Cc1cc(C(=O)c2cncnc2N[C@@H]2C[C@@H](CO[Si](C)(C)C(C)(C)C)[C@@H](O[Si](C)(C)C(C)(C)C)C2)nn1Cc1cccc(Br)c1. The molecule has 1 N–H and O–H groups in total. The van der Waals surface area contributed by atoms with Crippen LogP contribution in [0.4, 0.5) is 5.82 Å². The summed E-state index contributed by atoms with van der Waals surface area (Å²) in [6.45, 7) is 26.2. The zero-order valence-corrected chi connectivity index (χ0v) is 32.6. The van der Waals surface area contributed by atoms with E-state index in [4.69, 9.17) is 8.85 Å². The van der Waals surface area contributed by atoms with Gasteiger partial charge < -0.3 is 14.2 Å². The van der Waals surface area contributed by atoms with Gasteiger partial charge in [-0.05, 0) is 79.8 Å². The topological polar surface area (TPSA) is 91.2 Å². The van der Waals surface area contributed by atoms with Crippen molar-refractivity contribution in [2.24, 2.45) is 5.92 Å². The van der Waals surface area contributed by atoms with Gasteiger partial charge in [-0.15, -0.1) is 0 Å². The lowest BCUT2D eigenvalue weighted by atomic mass is 10.1. The first-order valence-electron chi connectivity index (χ1n) is 16.0. The van der Waals surface area contributed by atoms with Gasteiger partial charge in [-0.3, -0.25) is 9.48 Å². The van der Waals surface area contributed by atoms with E-state index in [-0.39, 0.29) is 33.9 Å². The Hall–Kier alpha value is -2.19. The molecule has 3 atom stereocenters. The van der Waals surface area contributed by atoms with Crippen molar-refractivity contribution < 1.29 is 13.6 Å². The van der Waals surface area contributed by atoms with Crippen LogP contribution in [0.25, 0.3) is 0 Å². The average molecular weight is 715 g/mol. The Morgan fingerprint density at radius 1 is 1.04 bits per heavy atom. The number of ketones is 1. The van der Waals surface area contributed by atoms with Crippen LogP contribution in [0.3, 0.4) is 0 Å². The van der Waals surface area contributed by atoms with E-state index in [9.17, 15) is 4.79 Å². The Morgan fingerprint density at radius 3 is 2.38 bits per heavy atom. The minimum Gasteiger partial charge on any atom is -0.416 e. The standard InChI is InChI=1S/C34H52BrN5O3Si2/c1-23-15-29(39-40(23)20-24-13-12-14-26(35)16-24)31(41)28-19-36-22-37-32(28)38-27-17-25(21-42-44(8,9)33(2,3)4)30(18-27)43-45(10,11)34(5,6)7/h12-16,19,22,25,27,30H,17-18,20-21H2,1-11H3,(H,36,37,38)/t25-,27+,30-/m0/s1. The molecule has 0 unspecified atom stereocenters. The Kier molecular flexibility index (Phi) is 10.7. The molecule has 4 rings (SSSR count). The molecule has 0 radical (unpaired) electrons. The van der Waals surface area contributed by atoms with Crippen molar-refractivity contribution in [3.63, 3.8) is 0 Å². The van der Waals surface area contributed by atoms with Crippen LogP contribution in [0.2, 0.25) is 36.3 Å². The summed E-state index contributed by atoms with van der Waals surface area (Å²) in [6, 6.07) is 10.0. The number of halogens is 1. The number of nitrogens with one attached hydrogen (secondary N) is 1. The highest BCUT2D eigenvalue weighted by Crippen LogP contribution is 2.43. The van der Waals surface area contributed by atoms with Crippen LogP contribution in [0.15, 0.2) is 47.3 Å². The predicted molar refractivity (Wildman–Crippen MR) is 191 cm³/mol. The predicted octanol–water partition coefficient (Wildman–Crippen LogP) is 8.63. The largest absolute Gasteiger partial charge is 0.416 e. The third kappa shape index (κ3) is 8.60. The van der Waals surface area contributed by atoms with Crippen molar-refractivity contribution >= 4 is 44.2 Å². The number of carbonyl (C=O) groups excluding carboxylic acids is 1. The highest BCUT2D eigenvalue weighted by molar-refractivity contribution is 9.10. The fourth-order valence-corrected chi connectivity index (χ4v) is 8.05. The maximum absolute atomic E-state index is 13.8. The van der Waals surface area contributed by atoms with E-state index in [0.717, 1.165) is 28.6 Å². The molecule has 1 aliphatic carbocycles. The molecular weight excluding hydrogens is 662 g/mol. The highest BCUT2D eigenvalue weighted by Gasteiger charge is 2.45. The van der Waals surface area contributed by atoms with E-state index < -0.39 is 16.6 Å². The molecule has 1 saturated carbocycles. The molecule has 246 valence electrons. The normalized spacial score (nSPS) is 19.6. The number of benzene rings is 1. The lowest BCUT2D eigenvalue weighted by Gasteiger charge is -2.41. The van der Waals surface area contributed by atoms with Crippen LogP contribution in [0.5, 0.6) is 0 Å². The summed E-state index contributed by atoms with van der Waals surface area (Å²) < 4.78 is 16.6. The minimum absolute atomic E-state index is 0.0746. The van der Waals surface area contributed by atoms with Gasteiger partial charge in [-0.2, -0.15) is 5.10 Å². The number of carbonyl (C=O) groups is 1. The molecule has 1 aliphatic rings. The number of hydrogen-bond acceptors (Lipinski definition) is 7. The first kappa shape index (κ1) is 35.7. The monoisotopic (exact) mass is 713 g/mol. The van der Waals surface area contributed by atoms with Gasteiger partial charge in [0.2, 0.25) is 5.78 Å². The van der Waals surface area contributed by atoms with Crippen LogP contribution < -0.4 is 5.32 Å². The van der Waals surface area contributed by atoms with Crippen LogP contribution in [0.1, 0.15) is 81.7 Å². The van der Waals surface area contributed by atoms with Gasteiger partial charge in [-0.1, -0.05) is 69.6 Å². The quantitative estimate of drug-likeness (QED) is 0.157. The number of aromatic nitrogens is 4. The number of aryl methyl sites for hydroxylation is 1. The molecule has 0 amide bonds. The van der Waals surface area contributed by atoms with E-state index in [1.165, 1.54) is 6.33 Å². The maximum atomic E-state index is 13.8. The van der Waals surface area contributed by atoms with Crippen LogP contribution in [0, 0.1) is 12.8 Å². The second-order valence-electron chi connectivity index (χ2n) is 15.6. The van der Waals surface area contributed by atoms with Gasteiger partial charge in [0.15, 0.2) is 16.6 Å². The Morgan fingerprint density at radius 2 is 1.73 bits per heavy atom. The lowest BCUT2D eigenvalue weighted by molar-refractivity contribution is 0.101. The average Bonchev–Trinajstić information content (AvgIpc) is 3.47. The number of anilines is 1. The number of nitrogens with zero attached hydrogens (tertiary/aromatic N) is 4. The molecule has 11 heteroatoms. The molecular formula is C34H52BrN5O3Si2. The molecule has 2 aromatic heterocycles. The van der Waals surface area contributed by atoms with Gasteiger partial charge in [-0.25, -0.2) is 9.97 Å². The van der Waals surface area contributed by atoms with E-state index >= 15 is 0 Å². The highest BCUT2D eigenvalue weighted by atomic mass is 79.9. The summed E-state index contributed by atoms with van der Waals surface area (Å²) in [4.78, 5) is 22.6. The van der Waals surface area contributed by atoms with Crippen LogP contribution in [-0.4, -0.2) is 60.9 Å². The van der Waals surface area contributed by atoms with Gasteiger partial charge >= 0.3 is 0 Å². The molecule has 1 fully saturated rings. The van der Waals surface area contributed by atoms with Gasteiger partial charge in [0, 0.05) is 34.9 Å². The molecule has 45 heavy (non-hydrogen) atoms. The van der Waals surface area contributed by atoms with E-state index in [2.05, 4.69) is 116 Å². The third-order valence-electron chi connectivity index (χ3n) is 10.1. The van der Waals surface area contributed by atoms with Crippen molar-refractivity contribution in [2.75, 3.05) is 11.9 Å².